The van der Waals surface area contributed by atoms with Crippen LogP contribution in [0.2, 0.25) is 0 Å². The topological polar surface area (TPSA) is 103 Å². The Morgan fingerprint density at radius 2 is 1.88 bits per heavy atom. The summed E-state index contributed by atoms with van der Waals surface area (Å²) in [6.45, 7) is 1.92. The molecule has 0 bridgehead atoms. The lowest BCUT2D eigenvalue weighted by molar-refractivity contribution is 0.211. The highest BCUT2D eigenvalue weighted by molar-refractivity contribution is 5.79. The van der Waals surface area contributed by atoms with E-state index < -0.39 is 0 Å². The number of ether oxygens (including phenoxy) is 1. The van der Waals surface area contributed by atoms with E-state index in [1.165, 1.54) is 0 Å². The van der Waals surface area contributed by atoms with Crippen LogP contribution >= 0.6 is 0 Å². The smallest absolute Gasteiger partial charge is 0.180 e. The van der Waals surface area contributed by atoms with E-state index in [1.807, 2.05) is 36.4 Å². The van der Waals surface area contributed by atoms with Crippen molar-refractivity contribution in [3.8, 4) is 0 Å². The number of nitrogens with zero attached hydrogens (tertiary/aromatic N) is 6. The standard InChI is InChI=1S/C23H22N8O/c1-32-12-11-24-18-8-10-26-22(14-18)27-21-7-6-20-23(28-21)31(30-29-20)15-16-4-5-19-17(13-16)3-2-9-25-19/h2-10,13-14H,11-12,15H2,1H3,(H2,24,26,27,28). The number of hydrogen-bond donors (Lipinski definition) is 2. The lowest BCUT2D eigenvalue weighted by Gasteiger charge is -2.09. The molecule has 0 aliphatic heterocycles. The highest BCUT2D eigenvalue weighted by atomic mass is 16.5. The van der Waals surface area contributed by atoms with Crippen LogP contribution in [0.25, 0.3) is 22.1 Å². The molecular formula is C23H22N8O. The maximum atomic E-state index is 5.08. The summed E-state index contributed by atoms with van der Waals surface area (Å²) in [4.78, 5) is 13.5. The van der Waals surface area contributed by atoms with E-state index in [2.05, 4.69) is 49.1 Å². The van der Waals surface area contributed by atoms with Crippen LogP contribution in [0, 0.1) is 0 Å². The number of pyridine rings is 3. The lowest BCUT2D eigenvalue weighted by Crippen LogP contribution is -2.08. The van der Waals surface area contributed by atoms with Crippen LogP contribution in [0.4, 0.5) is 17.3 Å². The van der Waals surface area contributed by atoms with Gasteiger partial charge in [0.1, 0.15) is 17.2 Å². The Bertz CT molecular complexity index is 1370. The molecule has 0 saturated carbocycles. The predicted octanol–water partition coefficient (Wildman–Crippen LogP) is 3.62. The highest BCUT2D eigenvalue weighted by Crippen LogP contribution is 2.20. The summed E-state index contributed by atoms with van der Waals surface area (Å²) in [5, 5.41) is 16.2. The Labute approximate surface area is 184 Å². The zero-order valence-corrected chi connectivity index (χ0v) is 17.6. The summed E-state index contributed by atoms with van der Waals surface area (Å²) in [6.07, 6.45) is 3.54. The van der Waals surface area contributed by atoms with Crippen molar-refractivity contribution in [3.63, 3.8) is 0 Å². The minimum atomic E-state index is 0.564. The van der Waals surface area contributed by atoms with E-state index in [0.717, 1.165) is 34.2 Å². The van der Waals surface area contributed by atoms with E-state index in [-0.39, 0.29) is 0 Å². The number of hydrogen-bond acceptors (Lipinski definition) is 8. The predicted molar refractivity (Wildman–Crippen MR) is 124 cm³/mol. The second-order valence-corrected chi connectivity index (χ2v) is 7.29. The number of aromatic nitrogens is 6. The molecule has 5 aromatic rings. The normalized spacial score (nSPS) is 11.2. The molecule has 0 aliphatic rings. The average Bonchev–Trinajstić information content (AvgIpc) is 3.21. The Morgan fingerprint density at radius 3 is 2.81 bits per heavy atom. The van der Waals surface area contributed by atoms with Crippen LogP contribution in [-0.2, 0) is 11.3 Å². The van der Waals surface area contributed by atoms with Crippen molar-refractivity contribution in [2.75, 3.05) is 30.9 Å². The van der Waals surface area contributed by atoms with Gasteiger partial charge in [-0.3, -0.25) is 4.98 Å². The first-order valence-corrected chi connectivity index (χ1v) is 10.3. The number of anilines is 3. The lowest BCUT2D eigenvalue weighted by atomic mass is 10.1. The van der Waals surface area contributed by atoms with Gasteiger partial charge in [-0.2, -0.15) is 0 Å². The fourth-order valence-corrected chi connectivity index (χ4v) is 3.46. The molecule has 9 nitrogen and oxygen atoms in total. The molecule has 0 saturated heterocycles. The van der Waals surface area contributed by atoms with Crippen LogP contribution in [-0.4, -0.2) is 50.2 Å². The van der Waals surface area contributed by atoms with Gasteiger partial charge in [0.25, 0.3) is 0 Å². The summed E-state index contributed by atoms with van der Waals surface area (Å²) in [6, 6.07) is 17.8. The number of benzene rings is 1. The molecule has 0 atom stereocenters. The second-order valence-electron chi connectivity index (χ2n) is 7.29. The third-order valence-electron chi connectivity index (χ3n) is 5.01. The molecule has 0 fully saturated rings. The van der Waals surface area contributed by atoms with Gasteiger partial charge in [0, 0.05) is 43.2 Å². The average molecular weight is 426 g/mol. The molecule has 9 heteroatoms. The highest BCUT2D eigenvalue weighted by Gasteiger charge is 2.09. The largest absolute Gasteiger partial charge is 0.383 e. The minimum absolute atomic E-state index is 0.564. The second kappa shape index (κ2) is 8.94. The monoisotopic (exact) mass is 426 g/mol. The van der Waals surface area contributed by atoms with E-state index in [9.17, 15) is 0 Å². The van der Waals surface area contributed by atoms with Gasteiger partial charge in [0.05, 0.1) is 18.7 Å². The van der Waals surface area contributed by atoms with Crippen LogP contribution in [0.3, 0.4) is 0 Å². The first-order chi connectivity index (χ1) is 15.8. The Balaban J connectivity index is 1.37. The molecule has 32 heavy (non-hydrogen) atoms. The van der Waals surface area contributed by atoms with Crippen LogP contribution in [0.5, 0.6) is 0 Å². The molecule has 5 rings (SSSR count). The Hall–Kier alpha value is -4.11. The zero-order chi connectivity index (χ0) is 21.8. The van der Waals surface area contributed by atoms with Gasteiger partial charge in [0.2, 0.25) is 0 Å². The summed E-state index contributed by atoms with van der Waals surface area (Å²) in [7, 11) is 1.68. The summed E-state index contributed by atoms with van der Waals surface area (Å²) in [5.74, 6) is 1.37. The van der Waals surface area contributed by atoms with Crippen molar-refractivity contribution in [1.29, 1.82) is 0 Å². The van der Waals surface area contributed by atoms with Gasteiger partial charge in [-0.25, -0.2) is 14.6 Å². The van der Waals surface area contributed by atoms with Crippen molar-refractivity contribution < 1.29 is 4.74 Å². The number of nitrogens with one attached hydrogen (secondary N) is 2. The SMILES string of the molecule is COCCNc1ccnc(Nc2ccc3nnn(Cc4ccc5ncccc5c4)c3n2)c1. The molecule has 160 valence electrons. The van der Waals surface area contributed by atoms with Crippen LogP contribution in [0.1, 0.15) is 5.56 Å². The molecule has 4 aromatic heterocycles. The zero-order valence-electron chi connectivity index (χ0n) is 17.6. The minimum Gasteiger partial charge on any atom is -0.383 e. The van der Waals surface area contributed by atoms with Crippen molar-refractivity contribution in [3.05, 3.63) is 72.6 Å². The Kier molecular flexibility index (Phi) is 5.54. The molecule has 0 aliphatic carbocycles. The van der Waals surface area contributed by atoms with Gasteiger partial charge in [-0.05, 0) is 42.0 Å². The number of rotatable bonds is 8. The molecule has 0 unspecified atom stereocenters. The molecule has 0 spiro atoms. The van der Waals surface area contributed by atoms with E-state index >= 15 is 0 Å². The van der Waals surface area contributed by atoms with Crippen molar-refractivity contribution in [2.45, 2.75) is 6.54 Å². The van der Waals surface area contributed by atoms with Gasteiger partial charge in [-0.15, -0.1) is 5.10 Å². The summed E-state index contributed by atoms with van der Waals surface area (Å²) >= 11 is 0. The van der Waals surface area contributed by atoms with Gasteiger partial charge in [0.15, 0.2) is 5.65 Å². The van der Waals surface area contributed by atoms with E-state index in [4.69, 9.17) is 9.72 Å². The number of fused-ring (bicyclic) bond motifs is 2. The van der Waals surface area contributed by atoms with Gasteiger partial charge in [-0.1, -0.05) is 17.3 Å². The van der Waals surface area contributed by atoms with Gasteiger partial charge >= 0.3 is 0 Å². The third kappa shape index (κ3) is 4.33. The van der Waals surface area contributed by atoms with Crippen molar-refractivity contribution >= 4 is 39.4 Å². The quantitative estimate of drug-likeness (QED) is 0.363. The fourth-order valence-electron chi connectivity index (χ4n) is 3.46. The van der Waals surface area contributed by atoms with Crippen molar-refractivity contribution in [1.82, 2.24) is 29.9 Å². The van der Waals surface area contributed by atoms with Crippen molar-refractivity contribution in [2.24, 2.45) is 0 Å². The molecule has 0 amide bonds. The molecular weight excluding hydrogens is 404 g/mol. The molecule has 2 N–H and O–H groups in total. The first kappa shape index (κ1) is 19.8. The third-order valence-corrected chi connectivity index (χ3v) is 5.01. The molecule has 0 radical (unpaired) electrons. The van der Waals surface area contributed by atoms with Gasteiger partial charge < -0.3 is 15.4 Å². The van der Waals surface area contributed by atoms with Crippen LogP contribution in [0.15, 0.2) is 67.0 Å². The fraction of sp³-hybridized carbons (Fsp3) is 0.174. The number of methoxy groups -OCH3 is 1. The van der Waals surface area contributed by atoms with E-state index in [1.54, 1.807) is 24.2 Å². The van der Waals surface area contributed by atoms with E-state index in [0.29, 0.717) is 30.4 Å². The first-order valence-electron chi connectivity index (χ1n) is 10.3. The summed E-state index contributed by atoms with van der Waals surface area (Å²) in [5.41, 5.74) is 4.47. The molecule has 1 aromatic carbocycles. The Morgan fingerprint density at radius 1 is 0.938 bits per heavy atom. The molecule has 4 heterocycles. The van der Waals surface area contributed by atoms with Crippen LogP contribution < -0.4 is 10.6 Å². The maximum absolute atomic E-state index is 5.08. The summed E-state index contributed by atoms with van der Waals surface area (Å²) < 4.78 is 6.88. The maximum Gasteiger partial charge on any atom is 0.180 e.